The molecule has 29 heavy (non-hydrogen) atoms. The van der Waals surface area contributed by atoms with Gasteiger partial charge in [0.05, 0.1) is 5.56 Å². The number of allylic oxidation sites excluding steroid dienone is 2. The zero-order chi connectivity index (χ0) is 20.3. The summed E-state index contributed by atoms with van der Waals surface area (Å²) in [4.78, 5) is 15.2. The molecule has 3 aromatic heterocycles. The first-order chi connectivity index (χ1) is 14.0. The maximum absolute atomic E-state index is 14.9. The van der Waals surface area contributed by atoms with Crippen LogP contribution in [0.25, 0.3) is 22.6 Å². The normalized spacial score (nSPS) is 16.3. The second-order valence-corrected chi connectivity index (χ2v) is 6.77. The Labute approximate surface area is 163 Å². The molecule has 0 amide bonds. The number of benzene rings is 1. The summed E-state index contributed by atoms with van der Waals surface area (Å²) in [6.45, 7) is 7.84. The molecule has 0 fully saturated rings. The number of rotatable bonds is 2. The minimum atomic E-state index is -1.22. The van der Waals surface area contributed by atoms with Crippen LogP contribution in [0.15, 0.2) is 83.4 Å². The lowest BCUT2D eigenvalue weighted by atomic mass is 9.72. The van der Waals surface area contributed by atoms with E-state index in [0.29, 0.717) is 17.0 Å². The van der Waals surface area contributed by atoms with Crippen LogP contribution < -0.4 is 20.7 Å². The fraction of sp³-hybridized carbons (Fsp3) is 0.0455. The maximum Gasteiger partial charge on any atom is 0.430 e. The standard InChI is InChI=1S/C22H14F2N3O2/c1-3-22(4-2)14-11-13(23)12-15(24)17(14)16-7-5-6-9-26(16)18(22)20-27-10-8-25-19(27)21(28)29-20/h3-12H,1-2H2/q+1/p+1. The van der Waals surface area contributed by atoms with Gasteiger partial charge in [0.1, 0.15) is 29.4 Å². The number of imidazole rings is 1. The zero-order valence-corrected chi connectivity index (χ0v) is 15.2. The van der Waals surface area contributed by atoms with E-state index < -0.39 is 22.7 Å². The third-order valence-electron chi connectivity index (χ3n) is 5.38. The van der Waals surface area contributed by atoms with Crippen molar-refractivity contribution in [2.45, 2.75) is 5.41 Å². The van der Waals surface area contributed by atoms with Crippen LogP contribution in [0.3, 0.4) is 0 Å². The Morgan fingerprint density at radius 1 is 1.21 bits per heavy atom. The van der Waals surface area contributed by atoms with Gasteiger partial charge in [0.2, 0.25) is 5.69 Å². The number of H-pyrrole nitrogens is 1. The van der Waals surface area contributed by atoms with Crippen molar-refractivity contribution < 1.29 is 22.7 Å². The average Bonchev–Trinajstić information content (AvgIpc) is 3.31. The van der Waals surface area contributed by atoms with Crippen LogP contribution in [0.1, 0.15) is 5.56 Å². The minimum absolute atomic E-state index is 0.207. The topological polar surface area (TPSA) is 52.6 Å². The molecule has 5 nitrogen and oxygen atoms in total. The van der Waals surface area contributed by atoms with Crippen LogP contribution in [0.2, 0.25) is 0 Å². The van der Waals surface area contributed by atoms with Gasteiger partial charge in [-0.3, -0.25) is 0 Å². The Bertz CT molecular complexity index is 1440. The highest BCUT2D eigenvalue weighted by molar-refractivity contribution is 5.77. The molecule has 4 aromatic rings. The lowest BCUT2D eigenvalue weighted by Gasteiger charge is -2.31. The van der Waals surface area contributed by atoms with Gasteiger partial charge >= 0.3 is 16.8 Å². The number of hydrogen-bond acceptors (Lipinski definition) is 2. The third kappa shape index (κ3) is 2.09. The van der Waals surface area contributed by atoms with E-state index in [1.54, 1.807) is 57.9 Å². The number of aromatic nitrogens is 3. The highest BCUT2D eigenvalue weighted by Gasteiger charge is 2.50. The average molecular weight is 391 g/mol. The lowest BCUT2D eigenvalue weighted by molar-refractivity contribution is -0.577. The van der Waals surface area contributed by atoms with Gasteiger partial charge in [-0.2, -0.15) is 8.97 Å². The summed E-state index contributed by atoms with van der Waals surface area (Å²) in [5.41, 5.74) is 0.166. The quantitative estimate of drug-likeness (QED) is 0.387. The molecule has 0 spiro atoms. The number of halogens is 2. The lowest BCUT2D eigenvalue weighted by Crippen LogP contribution is -2.52. The number of fused-ring (bicyclic) bond motifs is 4. The first kappa shape index (κ1) is 17.2. The van der Waals surface area contributed by atoms with E-state index in [0.717, 1.165) is 6.07 Å². The van der Waals surface area contributed by atoms with Gasteiger partial charge in [-0.25, -0.2) is 18.6 Å². The van der Waals surface area contributed by atoms with Crippen LogP contribution in [-0.2, 0) is 5.41 Å². The van der Waals surface area contributed by atoms with Gasteiger partial charge in [-0.05, 0) is 17.7 Å². The van der Waals surface area contributed by atoms with E-state index in [-0.39, 0.29) is 16.8 Å². The largest absolute Gasteiger partial charge is 0.430 e. The SMILES string of the molecule is C=CC1(C=C)C(=c2oc(=O)c3[nH+]ccn23)[n+]2ccccc2-c2c(F)cc(F)cc21. The molecule has 0 saturated carbocycles. The van der Waals surface area contributed by atoms with Crippen molar-refractivity contribution in [3.8, 4) is 11.3 Å². The van der Waals surface area contributed by atoms with Crippen molar-refractivity contribution in [3.05, 3.63) is 107 Å². The highest BCUT2D eigenvalue weighted by Crippen LogP contribution is 2.44. The molecule has 142 valence electrons. The summed E-state index contributed by atoms with van der Waals surface area (Å²) in [5.74, 6) is -1.42. The fourth-order valence-corrected chi connectivity index (χ4v) is 4.11. The van der Waals surface area contributed by atoms with Gasteiger partial charge in [-0.15, -0.1) is 13.2 Å². The molecule has 1 N–H and O–H groups in total. The predicted octanol–water partition coefficient (Wildman–Crippen LogP) is 1.94. The van der Waals surface area contributed by atoms with Gasteiger partial charge in [0.25, 0.3) is 5.70 Å². The van der Waals surface area contributed by atoms with Gasteiger partial charge in [0, 0.05) is 18.2 Å². The molecule has 1 aliphatic rings. The molecule has 1 aromatic carbocycles. The summed E-state index contributed by atoms with van der Waals surface area (Å²) < 4.78 is 38.1. The van der Waals surface area contributed by atoms with Crippen LogP contribution in [0.5, 0.6) is 0 Å². The first-order valence-electron chi connectivity index (χ1n) is 8.86. The van der Waals surface area contributed by atoms with Gasteiger partial charge in [0.15, 0.2) is 6.20 Å². The number of aromatic amines is 1. The van der Waals surface area contributed by atoms with Gasteiger partial charge < -0.3 is 4.42 Å². The Kier molecular flexibility index (Phi) is 3.46. The van der Waals surface area contributed by atoms with Crippen molar-refractivity contribution in [2.24, 2.45) is 0 Å². The highest BCUT2D eigenvalue weighted by atomic mass is 19.1. The molecule has 0 aliphatic carbocycles. The van der Waals surface area contributed by atoms with Crippen molar-refractivity contribution >= 4 is 11.3 Å². The number of nitrogens with zero attached hydrogens (tertiary/aromatic N) is 2. The van der Waals surface area contributed by atoms with E-state index in [2.05, 4.69) is 18.1 Å². The molecule has 7 heteroatoms. The Hall–Kier alpha value is -3.87. The molecule has 0 radical (unpaired) electrons. The molecule has 5 rings (SSSR count). The van der Waals surface area contributed by atoms with Crippen LogP contribution in [-0.4, -0.2) is 4.40 Å². The van der Waals surface area contributed by atoms with E-state index in [1.165, 1.54) is 6.07 Å². The maximum atomic E-state index is 14.9. The number of hydrogen-bond donors (Lipinski definition) is 0. The van der Waals surface area contributed by atoms with E-state index in [9.17, 15) is 13.6 Å². The monoisotopic (exact) mass is 391 g/mol. The van der Waals surface area contributed by atoms with Crippen LogP contribution in [0.4, 0.5) is 8.78 Å². The molecule has 0 bridgehead atoms. The molecular formula is C22H15F2N3O2+2. The number of oxazole rings is 1. The smallest absolute Gasteiger partial charge is 0.375 e. The van der Waals surface area contributed by atoms with E-state index in [1.807, 2.05) is 0 Å². The summed E-state index contributed by atoms with van der Waals surface area (Å²) >= 11 is 0. The fourth-order valence-electron chi connectivity index (χ4n) is 4.11. The molecule has 0 atom stereocenters. The first-order valence-corrected chi connectivity index (χ1v) is 8.86. The summed E-state index contributed by atoms with van der Waals surface area (Å²) in [5, 5.41) is 0. The Balaban J connectivity index is 2.11. The summed E-state index contributed by atoms with van der Waals surface area (Å²) in [6, 6.07) is 7.35. The molecule has 0 saturated heterocycles. The summed E-state index contributed by atoms with van der Waals surface area (Å²) in [6.07, 6.45) is 8.06. The molecule has 0 unspecified atom stereocenters. The van der Waals surface area contributed by atoms with Crippen LogP contribution in [0, 0.1) is 11.6 Å². The zero-order valence-electron chi connectivity index (χ0n) is 15.2. The molecular weight excluding hydrogens is 376 g/mol. The Morgan fingerprint density at radius 2 is 2.00 bits per heavy atom. The Morgan fingerprint density at radius 3 is 2.76 bits per heavy atom. The van der Waals surface area contributed by atoms with Crippen molar-refractivity contribution in [2.75, 3.05) is 0 Å². The third-order valence-corrected chi connectivity index (χ3v) is 5.38. The van der Waals surface area contributed by atoms with Crippen molar-refractivity contribution in [1.82, 2.24) is 4.40 Å². The molecule has 4 heterocycles. The predicted molar refractivity (Wildman–Crippen MR) is 101 cm³/mol. The number of pyridine rings is 1. The van der Waals surface area contributed by atoms with Crippen LogP contribution >= 0.6 is 0 Å². The van der Waals surface area contributed by atoms with E-state index >= 15 is 0 Å². The molecule has 1 aliphatic heterocycles. The summed E-state index contributed by atoms with van der Waals surface area (Å²) in [7, 11) is 0. The number of nitrogens with one attached hydrogen (secondary N) is 1. The van der Waals surface area contributed by atoms with Crippen molar-refractivity contribution in [1.29, 1.82) is 0 Å². The second kappa shape index (κ2) is 5.81. The van der Waals surface area contributed by atoms with E-state index in [4.69, 9.17) is 4.42 Å². The van der Waals surface area contributed by atoms with Crippen molar-refractivity contribution in [3.63, 3.8) is 0 Å². The minimum Gasteiger partial charge on any atom is -0.375 e. The second-order valence-electron chi connectivity index (χ2n) is 6.77. The van der Waals surface area contributed by atoms with Gasteiger partial charge in [-0.1, -0.05) is 12.2 Å².